The van der Waals surface area contributed by atoms with Crippen molar-refractivity contribution in [3.05, 3.63) is 34.3 Å². The molecule has 1 N–H and O–H groups in total. The zero-order chi connectivity index (χ0) is 14.1. The van der Waals surface area contributed by atoms with E-state index in [-0.39, 0.29) is 0 Å². The Hall–Kier alpha value is -0.570. The molecule has 0 aliphatic heterocycles. The Morgan fingerprint density at radius 2 is 2.11 bits per heavy atom. The maximum atomic E-state index is 6.31. The molecule has 0 aromatic heterocycles. The van der Waals surface area contributed by atoms with E-state index in [4.69, 9.17) is 16.3 Å². The van der Waals surface area contributed by atoms with E-state index >= 15 is 0 Å². The molecule has 108 valence electrons. The van der Waals surface area contributed by atoms with Crippen molar-refractivity contribution in [1.82, 2.24) is 5.32 Å². The molecule has 3 heteroatoms. The third-order valence-corrected chi connectivity index (χ3v) is 3.56. The molecule has 0 heterocycles. The predicted molar refractivity (Wildman–Crippen MR) is 83.1 cm³/mol. The van der Waals surface area contributed by atoms with Gasteiger partial charge in [-0.1, -0.05) is 30.7 Å². The van der Waals surface area contributed by atoms with E-state index in [1.807, 2.05) is 13.0 Å². The largest absolute Gasteiger partial charge is 0.382 e. The Morgan fingerprint density at radius 1 is 1.32 bits per heavy atom. The van der Waals surface area contributed by atoms with Crippen LogP contribution in [0.2, 0.25) is 5.02 Å². The number of benzene rings is 1. The lowest BCUT2D eigenvalue weighted by Gasteiger charge is -2.18. The van der Waals surface area contributed by atoms with Crippen LogP contribution in [-0.2, 0) is 11.2 Å². The molecule has 1 atom stereocenters. The maximum absolute atomic E-state index is 6.31. The van der Waals surface area contributed by atoms with Gasteiger partial charge >= 0.3 is 0 Å². The van der Waals surface area contributed by atoms with Crippen molar-refractivity contribution in [2.24, 2.45) is 0 Å². The first-order chi connectivity index (χ1) is 9.17. The Kier molecular flexibility index (Phi) is 8.11. The Morgan fingerprint density at radius 3 is 2.74 bits per heavy atom. The van der Waals surface area contributed by atoms with Gasteiger partial charge in [-0.05, 0) is 56.8 Å². The molecular formula is C16H26ClNO. The number of likely N-dealkylation sites (N-methyl/N-ethyl adjacent to an activating group) is 1. The molecule has 0 saturated heterocycles. The number of halogens is 1. The second-order valence-corrected chi connectivity index (χ2v) is 5.30. The van der Waals surface area contributed by atoms with Crippen LogP contribution in [0.15, 0.2) is 18.2 Å². The second kappa shape index (κ2) is 9.35. The van der Waals surface area contributed by atoms with Crippen molar-refractivity contribution in [2.75, 3.05) is 19.8 Å². The summed E-state index contributed by atoms with van der Waals surface area (Å²) >= 11 is 6.31. The molecule has 0 spiro atoms. The first kappa shape index (κ1) is 16.5. The fourth-order valence-electron chi connectivity index (χ4n) is 2.22. The highest BCUT2D eigenvalue weighted by molar-refractivity contribution is 6.31. The number of rotatable bonds is 9. The van der Waals surface area contributed by atoms with E-state index in [2.05, 4.69) is 31.3 Å². The van der Waals surface area contributed by atoms with E-state index in [9.17, 15) is 0 Å². The highest BCUT2D eigenvalue weighted by Crippen LogP contribution is 2.20. The van der Waals surface area contributed by atoms with Crippen molar-refractivity contribution < 1.29 is 4.74 Å². The van der Waals surface area contributed by atoms with Gasteiger partial charge < -0.3 is 10.1 Å². The van der Waals surface area contributed by atoms with E-state index in [1.165, 1.54) is 11.1 Å². The molecule has 0 fully saturated rings. The van der Waals surface area contributed by atoms with Gasteiger partial charge in [0.05, 0.1) is 0 Å². The first-order valence-electron chi connectivity index (χ1n) is 7.23. The van der Waals surface area contributed by atoms with Gasteiger partial charge in [-0.2, -0.15) is 0 Å². The highest BCUT2D eigenvalue weighted by atomic mass is 35.5. The SMILES string of the molecule is CCNC(CCCOCC)Cc1ccc(C)cc1Cl. The zero-order valence-electron chi connectivity index (χ0n) is 12.3. The molecule has 2 nitrogen and oxygen atoms in total. The molecule has 0 radical (unpaired) electrons. The summed E-state index contributed by atoms with van der Waals surface area (Å²) in [5.74, 6) is 0. The third-order valence-electron chi connectivity index (χ3n) is 3.21. The smallest absolute Gasteiger partial charge is 0.0466 e. The average Bonchev–Trinajstić information content (AvgIpc) is 2.38. The first-order valence-corrected chi connectivity index (χ1v) is 7.61. The van der Waals surface area contributed by atoms with Crippen LogP contribution in [0.4, 0.5) is 0 Å². The lowest BCUT2D eigenvalue weighted by molar-refractivity contribution is 0.141. The molecule has 0 aliphatic carbocycles. The van der Waals surface area contributed by atoms with Crippen LogP contribution >= 0.6 is 11.6 Å². The summed E-state index contributed by atoms with van der Waals surface area (Å²) in [6.07, 6.45) is 3.20. The van der Waals surface area contributed by atoms with Crippen LogP contribution in [0.1, 0.15) is 37.8 Å². The van der Waals surface area contributed by atoms with E-state index in [1.54, 1.807) is 0 Å². The third kappa shape index (κ3) is 6.42. The normalized spacial score (nSPS) is 12.6. The summed E-state index contributed by atoms with van der Waals surface area (Å²) in [5, 5.41) is 4.42. The molecule has 1 rings (SSSR count). The summed E-state index contributed by atoms with van der Waals surface area (Å²) in [7, 11) is 0. The number of hydrogen-bond acceptors (Lipinski definition) is 2. The lowest BCUT2D eigenvalue weighted by Crippen LogP contribution is -2.31. The van der Waals surface area contributed by atoms with Crippen LogP contribution in [0, 0.1) is 6.92 Å². The van der Waals surface area contributed by atoms with Gasteiger partial charge in [-0.3, -0.25) is 0 Å². The van der Waals surface area contributed by atoms with Crippen molar-refractivity contribution in [2.45, 2.75) is 46.1 Å². The van der Waals surface area contributed by atoms with Crippen molar-refractivity contribution in [1.29, 1.82) is 0 Å². The van der Waals surface area contributed by atoms with Crippen molar-refractivity contribution >= 4 is 11.6 Å². The summed E-state index contributed by atoms with van der Waals surface area (Å²) in [6.45, 7) is 8.89. The highest BCUT2D eigenvalue weighted by Gasteiger charge is 2.10. The van der Waals surface area contributed by atoms with Gasteiger partial charge in [-0.15, -0.1) is 0 Å². The van der Waals surface area contributed by atoms with E-state index in [0.29, 0.717) is 6.04 Å². The van der Waals surface area contributed by atoms with Gasteiger partial charge in [-0.25, -0.2) is 0 Å². The van der Waals surface area contributed by atoms with Crippen LogP contribution in [0.3, 0.4) is 0 Å². The zero-order valence-corrected chi connectivity index (χ0v) is 13.1. The molecule has 19 heavy (non-hydrogen) atoms. The topological polar surface area (TPSA) is 21.3 Å². The molecule has 0 aliphatic rings. The van der Waals surface area contributed by atoms with Crippen LogP contribution in [0.5, 0.6) is 0 Å². The Labute approximate surface area is 122 Å². The van der Waals surface area contributed by atoms with E-state index in [0.717, 1.165) is 44.0 Å². The number of aryl methyl sites for hydroxylation is 1. The minimum Gasteiger partial charge on any atom is -0.382 e. The summed E-state index contributed by atoms with van der Waals surface area (Å²) in [5.41, 5.74) is 2.44. The van der Waals surface area contributed by atoms with Gasteiger partial charge in [0.2, 0.25) is 0 Å². The molecule has 1 unspecified atom stereocenters. The molecule has 0 saturated carbocycles. The van der Waals surface area contributed by atoms with Crippen LogP contribution in [-0.4, -0.2) is 25.8 Å². The minimum atomic E-state index is 0.477. The average molecular weight is 284 g/mol. The van der Waals surface area contributed by atoms with E-state index < -0.39 is 0 Å². The number of hydrogen-bond donors (Lipinski definition) is 1. The molecule has 1 aromatic rings. The monoisotopic (exact) mass is 283 g/mol. The number of ether oxygens (including phenoxy) is 1. The Bertz CT molecular complexity index is 368. The summed E-state index contributed by atoms with van der Waals surface area (Å²) in [4.78, 5) is 0. The van der Waals surface area contributed by atoms with Crippen molar-refractivity contribution in [3.63, 3.8) is 0 Å². The number of nitrogens with one attached hydrogen (secondary N) is 1. The quantitative estimate of drug-likeness (QED) is 0.692. The van der Waals surface area contributed by atoms with Gasteiger partial charge in [0.15, 0.2) is 0 Å². The van der Waals surface area contributed by atoms with Gasteiger partial charge in [0.25, 0.3) is 0 Å². The standard InChI is InChI=1S/C16H26ClNO/c1-4-18-15(7-6-10-19-5-2)12-14-9-8-13(3)11-16(14)17/h8-9,11,15,18H,4-7,10,12H2,1-3H3. The molecule has 0 amide bonds. The van der Waals surface area contributed by atoms with Crippen LogP contribution in [0.25, 0.3) is 0 Å². The van der Waals surface area contributed by atoms with Crippen LogP contribution < -0.4 is 5.32 Å². The minimum absolute atomic E-state index is 0.477. The fraction of sp³-hybridized carbons (Fsp3) is 0.625. The van der Waals surface area contributed by atoms with Crippen molar-refractivity contribution in [3.8, 4) is 0 Å². The summed E-state index contributed by atoms with van der Waals surface area (Å²) < 4.78 is 5.40. The lowest BCUT2D eigenvalue weighted by atomic mass is 10.0. The predicted octanol–water partition coefficient (Wildman–Crippen LogP) is 3.99. The molecule has 1 aromatic carbocycles. The second-order valence-electron chi connectivity index (χ2n) is 4.89. The molecule has 0 bridgehead atoms. The maximum Gasteiger partial charge on any atom is 0.0466 e. The Balaban J connectivity index is 2.51. The molecular weight excluding hydrogens is 258 g/mol. The summed E-state index contributed by atoms with van der Waals surface area (Å²) in [6, 6.07) is 6.79. The van der Waals surface area contributed by atoms with Gasteiger partial charge in [0, 0.05) is 24.3 Å². The van der Waals surface area contributed by atoms with Gasteiger partial charge in [0.1, 0.15) is 0 Å². The fourth-order valence-corrected chi connectivity index (χ4v) is 2.54.